The summed E-state index contributed by atoms with van der Waals surface area (Å²) in [5, 5.41) is 39.1. The molecule has 17 nitrogen and oxygen atoms in total. The molecule has 6 atom stereocenters. The van der Waals surface area contributed by atoms with Gasteiger partial charge in [-0.3, -0.25) is 24.1 Å². The smallest absolute Gasteiger partial charge is 0.352 e. The SMILES string of the molecule is Cc1c(C(=O)N[C@H]2C[C@H]3CC[C@@H](C2)[N+]3(C)CC2=C(C(=O)O)N3C(=O)[C@@H](NC(=O)/C(=N\OC(C)(C)C=O)c4nsc(N)n4)[C@H]3SC2)ccc(O)c1O. The first-order valence-electron chi connectivity index (χ1n) is 16.2. The minimum atomic E-state index is -1.37. The summed E-state index contributed by atoms with van der Waals surface area (Å²) >= 11 is 2.16. The van der Waals surface area contributed by atoms with Crippen LogP contribution in [0.15, 0.2) is 28.6 Å². The molecule has 1 aromatic carbocycles. The van der Waals surface area contributed by atoms with Crippen molar-refractivity contribution in [1.29, 1.82) is 0 Å². The number of carboxylic acid groups (broad SMARTS) is 1. The van der Waals surface area contributed by atoms with Crippen LogP contribution in [0.25, 0.3) is 0 Å². The number of anilines is 1. The number of fused-ring (bicyclic) bond motifs is 3. The van der Waals surface area contributed by atoms with Crippen LogP contribution in [-0.2, 0) is 24.0 Å². The van der Waals surface area contributed by atoms with Crippen LogP contribution in [0.1, 0.15) is 61.3 Å². The van der Waals surface area contributed by atoms with Gasteiger partial charge in [-0.25, -0.2) is 4.79 Å². The second-order valence-electron chi connectivity index (χ2n) is 14.0. The number of hydrogen-bond donors (Lipinski definition) is 6. The fourth-order valence-corrected chi connectivity index (χ4v) is 9.21. The third-order valence-corrected chi connectivity index (χ3v) is 12.1. The largest absolute Gasteiger partial charge is 0.504 e. The van der Waals surface area contributed by atoms with Crippen LogP contribution in [0.3, 0.4) is 0 Å². The molecule has 0 spiro atoms. The first-order valence-corrected chi connectivity index (χ1v) is 18.1. The van der Waals surface area contributed by atoms with Crippen molar-refractivity contribution < 1.29 is 48.6 Å². The summed E-state index contributed by atoms with van der Waals surface area (Å²) in [5.41, 5.74) is 5.02. The number of β-lactam (4-membered cyclic amide) rings is 1. The zero-order valence-electron chi connectivity index (χ0n) is 28.3. The zero-order valence-corrected chi connectivity index (χ0v) is 29.9. The van der Waals surface area contributed by atoms with Gasteiger partial charge in [0.25, 0.3) is 17.7 Å². The molecule has 0 saturated carbocycles. The maximum absolute atomic E-state index is 13.5. The number of aromatic hydroxyl groups is 2. The number of nitrogen functional groups attached to an aromatic ring is 1. The van der Waals surface area contributed by atoms with Crippen molar-refractivity contribution in [3.63, 3.8) is 0 Å². The number of oxime groups is 1. The summed E-state index contributed by atoms with van der Waals surface area (Å²) in [7, 11) is 2.10. The number of carbonyl (C=O) groups excluding carboxylic acids is 4. The quantitative estimate of drug-likeness (QED) is 0.0467. The molecule has 19 heteroatoms. The van der Waals surface area contributed by atoms with E-state index in [0.717, 1.165) is 24.4 Å². The Morgan fingerprint density at radius 2 is 1.88 bits per heavy atom. The number of thioether (sulfide) groups is 1. The Hall–Kier alpha value is -4.75. The Morgan fingerprint density at radius 1 is 1.20 bits per heavy atom. The molecular weight excluding hydrogens is 705 g/mol. The molecule has 2 bridgehead atoms. The van der Waals surface area contributed by atoms with Crippen molar-refractivity contribution in [2.45, 2.75) is 81.6 Å². The number of benzene rings is 1. The molecule has 4 aliphatic rings. The van der Waals surface area contributed by atoms with E-state index in [2.05, 4.69) is 32.2 Å². The van der Waals surface area contributed by atoms with E-state index >= 15 is 0 Å². The van der Waals surface area contributed by atoms with Crippen molar-refractivity contribution in [3.05, 3.63) is 40.4 Å². The summed E-state index contributed by atoms with van der Waals surface area (Å²) in [4.78, 5) is 74.5. The van der Waals surface area contributed by atoms with Crippen molar-refractivity contribution in [1.82, 2.24) is 24.9 Å². The summed E-state index contributed by atoms with van der Waals surface area (Å²) in [6.45, 7) is 4.85. The number of phenols is 2. The summed E-state index contributed by atoms with van der Waals surface area (Å²) in [6, 6.07) is 1.82. The van der Waals surface area contributed by atoms with Gasteiger partial charge in [0.15, 0.2) is 28.5 Å². The van der Waals surface area contributed by atoms with Gasteiger partial charge in [0, 0.05) is 65.7 Å². The number of carbonyl (C=O) groups is 5. The average Bonchev–Trinajstić information content (AvgIpc) is 3.54. The molecule has 1 aromatic heterocycles. The van der Waals surface area contributed by atoms with Gasteiger partial charge < -0.3 is 41.0 Å². The number of quaternary nitrogens is 1. The predicted octanol–water partition coefficient (Wildman–Crippen LogP) is 0.847. The molecule has 3 saturated heterocycles. The fourth-order valence-electron chi connectivity index (χ4n) is 7.44. The Labute approximate surface area is 300 Å². The van der Waals surface area contributed by atoms with Crippen LogP contribution in [0, 0.1) is 6.92 Å². The number of nitrogens with one attached hydrogen (secondary N) is 2. The van der Waals surface area contributed by atoms with Crippen LogP contribution < -0.4 is 16.4 Å². The first-order chi connectivity index (χ1) is 24.0. The lowest BCUT2D eigenvalue weighted by Gasteiger charge is -2.52. The van der Waals surface area contributed by atoms with E-state index in [0.29, 0.717) is 47.0 Å². The Bertz CT molecular complexity index is 1860. The van der Waals surface area contributed by atoms with Gasteiger partial charge in [0.1, 0.15) is 23.7 Å². The third-order valence-electron chi connectivity index (χ3n) is 10.2. The van der Waals surface area contributed by atoms with Crippen LogP contribution in [0.5, 0.6) is 11.5 Å². The molecule has 3 amide bonds. The van der Waals surface area contributed by atoms with Gasteiger partial charge in [-0.2, -0.15) is 9.36 Å². The number of hydrogen-bond acceptors (Lipinski definition) is 14. The van der Waals surface area contributed by atoms with Crippen molar-refractivity contribution in [3.8, 4) is 11.5 Å². The van der Waals surface area contributed by atoms with E-state index in [9.17, 15) is 39.3 Å². The van der Waals surface area contributed by atoms with E-state index < -0.39 is 40.5 Å². The number of aldehydes is 1. The molecule has 5 heterocycles. The van der Waals surface area contributed by atoms with Gasteiger partial charge >= 0.3 is 5.97 Å². The summed E-state index contributed by atoms with van der Waals surface area (Å²) < 4.78 is 4.58. The van der Waals surface area contributed by atoms with Gasteiger partial charge in [-0.15, -0.1) is 11.8 Å². The fraction of sp³-hybridized carbons (Fsp3) is 0.500. The summed E-state index contributed by atoms with van der Waals surface area (Å²) in [6.07, 6.45) is 3.62. The number of likely N-dealkylation sites (N-methyl/N-ethyl adjacent to an activating group) is 1. The highest BCUT2D eigenvalue weighted by Crippen LogP contribution is 2.46. The van der Waals surface area contributed by atoms with E-state index in [1.165, 1.54) is 42.6 Å². The maximum Gasteiger partial charge on any atom is 0.352 e. The first kappa shape index (κ1) is 36.1. The maximum atomic E-state index is 13.5. The Balaban J connectivity index is 1.15. The number of aromatic nitrogens is 2. The molecule has 2 aromatic rings. The number of carboxylic acids is 1. The molecule has 51 heavy (non-hydrogen) atoms. The number of amides is 3. The lowest BCUT2D eigenvalue weighted by molar-refractivity contribution is -0.944. The number of rotatable bonds is 11. The van der Waals surface area contributed by atoms with Crippen LogP contribution in [0.2, 0.25) is 0 Å². The lowest BCUT2D eigenvalue weighted by atomic mass is 9.92. The molecule has 3 fully saturated rings. The van der Waals surface area contributed by atoms with E-state index in [4.69, 9.17) is 10.6 Å². The second-order valence-corrected chi connectivity index (χ2v) is 15.9. The zero-order chi connectivity index (χ0) is 37.0. The lowest BCUT2D eigenvalue weighted by Crippen LogP contribution is -2.71. The number of nitrogens with zero attached hydrogens (tertiary/aromatic N) is 5. The number of phenolic OH excluding ortho intramolecular Hbond substituents is 2. The van der Waals surface area contributed by atoms with Crippen LogP contribution >= 0.6 is 23.3 Å². The second kappa shape index (κ2) is 13.4. The van der Waals surface area contributed by atoms with E-state index in [1.54, 1.807) is 6.92 Å². The van der Waals surface area contributed by atoms with Gasteiger partial charge in [0.05, 0.1) is 19.1 Å². The molecule has 7 N–H and O–H groups in total. The highest BCUT2D eigenvalue weighted by atomic mass is 32.2. The van der Waals surface area contributed by atoms with Crippen LogP contribution in [-0.4, -0.2) is 124 Å². The van der Waals surface area contributed by atoms with Gasteiger partial charge in [-0.1, -0.05) is 5.16 Å². The van der Waals surface area contributed by atoms with Gasteiger partial charge in [-0.05, 0) is 32.9 Å². The molecule has 272 valence electrons. The Kier molecular flexibility index (Phi) is 9.49. The number of nitrogens with two attached hydrogens (primary N) is 1. The van der Waals surface area contributed by atoms with E-state index in [1.807, 2.05) is 0 Å². The van der Waals surface area contributed by atoms with E-state index in [-0.39, 0.29) is 57.7 Å². The average molecular weight is 744 g/mol. The molecule has 4 aliphatic heterocycles. The normalized spacial score (nSPS) is 27.4. The highest BCUT2D eigenvalue weighted by Gasteiger charge is 2.57. The Morgan fingerprint density at radius 3 is 2.49 bits per heavy atom. The van der Waals surface area contributed by atoms with Crippen molar-refractivity contribution in [2.24, 2.45) is 5.16 Å². The van der Waals surface area contributed by atoms with Crippen molar-refractivity contribution in [2.75, 3.05) is 25.1 Å². The number of piperidine rings is 1. The van der Waals surface area contributed by atoms with Gasteiger partial charge in [0.2, 0.25) is 11.5 Å². The van der Waals surface area contributed by atoms with Crippen molar-refractivity contribution >= 4 is 64.1 Å². The third kappa shape index (κ3) is 6.60. The minimum Gasteiger partial charge on any atom is -0.504 e. The molecular formula is C32H39N8O9S2+. The monoisotopic (exact) mass is 743 g/mol. The predicted molar refractivity (Wildman–Crippen MR) is 185 cm³/mol. The minimum absolute atomic E-state index is 0.0572. The topological polar surface area (TPSA) is 247 Å². The highest BCUT2D eigenvalue weighted by molar-refractivity contribution is 8.00. The molecule has 0 radical (unpaired) electrons. The molecule has 1 unspecified atom stereocenters. The number of aliphatic carboxylic acids is 1. The van der Waals surface area contributed by atoms with Crippen LogP contribution in [0.4, 0.5) is 5.13 Å². The summed E-state index contributed by atoms with van der Waals surface area (Å²) in [5.74, 6) is -3.50. The molecule has 6 rings (SSSR count). The standard InChI is InChI=1S/C32H38N8O9S2/c1-14-19(7-8-20(42)24(14)43)26(44)34-16-9-17-5-6-18(10-16)40(17,4)11-15-12-50-29-22(28(46)39(29)23(15)30(47)48)35-27(45)21(25-36-31(33)51-38-25)37-49-32(2,3)13-41/h7-8,13,16-18,22,29H,5-6,9-12H2,1-4H3,(H6-,33,34,35,36,37,38,42,43,44,45,47,48)/p+1/t16-,17+,18-,22-,29-,40?/m1/s1. The molecule has 0 aliphatic carbocycles.